The van der Waals surface area contributed by atoms with E-state index in [0.717, 1.165) is 17.1 Å². The van der Waals surface area contributed by atoms with Crippen molar-refractivity contribution >= 4 is 5.65 Å². The van der Waals surface area contributed by atoms with Gasteiger partial charge in [0.15, 0.2) is 11.4 Å². The largest absolute Gasteiger partial charge is 0.488 e. The fourth-order valence-corrected chi connectivity index (χ4v) is 1.66. The van der Waals surface area contributed by atoms with E-state index < -0.39 is 0 Å². The van der Waals surface area contributed by atoms with Crippen LogP contribution in [0.5, 0.6) is 5.75 Å². The summed E-state index contributed by atoms with van der Waals surface area (Å²) in [7, 11) is 0. The molecule has 0 aliphatic carbocycles. The summed E-state index contributed by atoms with van der Waals surface area (Å²) in [5.74, 6) is 1.19. The number of hydrogen-bond donors (Lipinski definition) is 1. The van der Waals surface area contributed by atoms with Gasteiger partial charge in [-0.25, -0.2) is 4.98 Å². The minimum Gasteiger partial charge on any atom is -0.488 e. The lowest BCUT2D eigenvalue weighted by Crippen LogP contribution is -2.38. The number of rotatable bonds is 4. The monoisotopic (exact) mass is 247 g/mol. The first-order valence-corrected chi connectivity index (χ1v) is 6.26. The lowest BCUT2D eigenvalue weighted by Gasteiger charge is -2.19. The van der Waals surface area contributed by atoms with E-state index in [0.29, 0.717) is 12.5 Å². The first-order chi connectivity index (χ1) is 8.37. The Morgan fingerprint density at radius 3 is 2.78 bits per heavy atom. The van der Waals surface area contributed by atoms with Gasteiger partial charge >= 0.3 is 0 Å². The van der Waals surface area contributed by atoms with Gasteiger partial charge in [-0.1, -0.05) is 13.8 Å². The highest BCUT2D eigenvalue weighted by Gasteiger charge is 2.14. The summed E-state index contributed by atoms with van der Waals surface area (Å²) in [6, 6.07) is 3.88. The van der Waals surface area contributed by atoms with E-state index in [4.69, 9.17) is 10.5 Å². The van der Waals surface area contributed by atoms with Crippen molar-refractivity contribution in [1.29, 1.82) is 0 Å². The number of aromatic nitrogens is 2. The maximum absolute atomic E-state index is 5.93. The second-order valence-electron chi connectivity index (χ2n) is 5.70. The molecule has 0 amide bonds. The lowest BCUT2D eigenvalue weighted by molar-refractivity contribution is 0.245. The molecule has 2 N–H and O–H groups in total. The minimum absolute atomic E-state index is 0.347. The van der Waals surface area contributed by atoms with Crippen LogP contribution in [0.25, 0.3) is 5.65 Å². The molecule has 98 valence electrons. The SMILES string of the molecule is CC(C)c1cn2cccc(OCC(C)(C)N)c2n1. The zero-order valence-corrected chi connectivity index (χ0v) is 11.5. The number of ether oxygens (including phenoxy) is 1. The molecule has 0 fully saturated rings. The summed E-state index contributed by atoms with van der Waals surface area (Å²) < 4.78 is 7.76. The minimum atomic E-state index is -0.347. The van der Waals surface area contributed by atoms with Gasteiger partial charge in [0.2, 0.25) is 0 Å². The van der Waals surface area contributed by atoms with Crippen molar-refractivity contribution < 1.29 is 4.74 Å². The standard InChI is InChI=1S/C14H21N3O/c1-10(2)11-8-17-7-5-6-12(13(17)16-11)18-9-14(3,4)15/h5-8,10H,9,15H2,1-4H3. The molecule has 2 aromatic rings. The van der Waals surface area contributed by atoms with E-state index in [2.05, 4.69) is 18.8 Å². The van der Waals surface area contributed by atoms with Crippen molar-refractivity contribution in [3.63, 3.8) is 0 Å². The molecule has 4 heteroatoms. The molecule has 4 nitrogen and oxygen atoms in total. The number of nitrogens with zero attached hydrogens (tertiary/aromatic N) is 2. The average Bonchev–Trinajstić information content (AvgIpc) is 2.69. The summed E-state index contributed by atoms with van der Waals surface area (Å²) in [5, 5.41) is 0. The number of imidazole rings is 1. The predicted molar refractivity (Wildman–Crippen MR) is 73.0 cm³/mol. The third-order valence-electron chi connectivity index (χ3n) is 2.66. The second-order valence-corrected chi connectivity index (χ2v) is 5.70. The Kier molecular flexibility index (Phi) is 3.30. The molecule has 0 bridgehead atoms. The van der Waals surface area contributed by atoms with Crippen LogP contribution in [0.1, 0.15) is 39.3 Å². The van der Waals surface area contributed by atoms with Crippen molar-refractivity contribution in [2.24, 2.45) is 5.73 Å². The molecular formula is C14H21N3O. The Morgan fingerprint density at radius 2 is 2.17 bits per heavy atom. The lowest BCUT2D eigenvalue weighted by atomic mass is 10.1. The van der Waals surface area contributed by atoms with Gasteiger partial charge in [-0.15, -0.1) is 0 Å². The first kappa shape index (κ1) is 12.9. The fourth-order valence-electron chi connectivity index (χ4n) is 1.66. The van der Waals surface area contributed by atoms with Gasteiger partial charge in [-0.2, -0.15) is 0 Å². The quantitative estimate of drug-likeness (QED) is 0.903. The van der Waals surface area contributed by atoms with Crippen molar-refractivity contribution in [1.82, 2.24) is 9.38 Å². The van der Waals surface area contributed by atoms with Crippen molar-refractivity contribution in [2.75, 3.05) is 6.61 Å². The summed E-state index contributed by atoms with van der Waals surface area (Å²) in [4.78, 5) is 4.61. The zero-order chi connectivity index (χ0) is 13.3. The fraction of sp³-hybridized carbons (Fsp3) is 0.500. The van der Waals surface area contributed by atoms with Gasteiger partial charge in [0.05, 0.1) is 5.69 Å². The van der Waals surface area contributed by atoms with Crippen LogP contribution in [0.4, 0.5) is 0 Å². The molecule has 2 aromatic heterocycles. The molecule has 2 rings (SSSR count). The molecule has 0 aromatic carbocycles. The molecule has 0 saturated carbocycles. The second kappa shape index (κ2) is 4.61. The van der Waals surface area contributed by atoms with Gasteiger partial charge < -0.3 is 14.9 Å². The Labute approximate surface area is 108 Å². The van der Waals surface area contributed by atoms with Crippen molar-refractivity contribution in [2.45, 2.75) is 39.2 Å². The Morgan fingerprint density at radius 1 is 1.44 bits per heavy atom. The van der Waals surface area contributed by atoms with E-state index >= 15 is 0 Å². The molecule has 2 heterocycles. The van der Waals surface area contributed by atoms with E-state index in [1.807, 2.05) is 42.8 Å². The summed E-state index contributed by atoms with van der Waals surface area (Å²) in [6.45, 7) is 8.61. The van der Waals surface area contributed by atoms with Crippen LogP contribution in [0.15, 0.2) is 24.5 Å². The smallest absolute Gasteiger partial charge is 0.179 e. The maximum Gasteiger partial charge on any atom is 0.179 e. The van der Waals surface area contributed by atoms with E-state index in [1.54, 1.807) is 0 Å². The summed E-state index contributed by atoms with van der Waals surface area (Å²) in [5.41, 5.74) is 7.50. The maximum atomic E-state index is 5.93. The van der Waals surface area contributed by atoms with Gasteiger partial charge in [0.1, 0.15) is 6.61 Å². The summed E-state index contributed by atoms with van der Waals surface area (Å²) >= 11 is 0. The molecule has 0 radical (unpaired) electrons. The Bertz CT molecular complexity index is 537. The van der Waals surface area contributed by atoms with E-state index in [1.165, 1.54) is 0 Å². The van der Waals surface area contributed by atoms with Crippen LogP contribution in [0, 0.1) is 0 Å². The molecule has 0 unspecified atom stereocenters. The van der Waals surface area contributed by atoms with Crippen LogP contribution >= 0.6 is 0 Å². The average molecular weight is 247 g/mol. The van der Waals surface area contributed by atoms with Gasteiger partial charge in [0.25, 0.3) is 0 Å². The molecule has 0 aliphatic heterocycles. The Hall–Kier alpha value is -1.55. The van der Waals surface area contributed by atoms with Crippen molar-refractivity contribution in [3.05, 3.63) is 30.2 Å². The van der Waals surface area contributed by atoms with Crippen LogP contribution < -0.4 is 10.5 Å². The highest BCUT2D eigenvalue weighted by Crippen LogP contribution is 2.22. The number of hydrogen-bond acceptors (Lipinski definition) is 3. The third kappa shape index (κ3) is 2.82. The van der Waals surface area contributed by atoms with E-state index in [9.17, 15) is 0 Å². The third-order valence-corrected chi connectivity index (χ3v) is 2.66. The topological polar surface area (TPSA) is 52.5 Å². The van der Waals surface area contributed by atoms with E-state index in [-0.39, 0.29) is 5.54 Å². The molecule has 0 atom stereocenters. The predicted octanol–water partition coefficient (Wildman–Crippen LogP) is 2.57. The van der Waals surface area contributed by atoms with Crippen LogP contribution in [0.2, 0.25) is 0 Å². The first-order valence-electron chi connectivity index (χ1n) is 6.26. The molecular weight excluding hydrogens is 226 g/mol. The van der Waals surface area contributed by atoms with Crippen LogP contribution in [-0.2, 0) is 0 Å². The molecule has 0 saturated heterocycles. The normalized spacial score (nSPS) is 12.3. The molecule has 0 aliphatic rings. The number of fused-ring (bicyclic) bond motifs is 1. The van der Waals surface area contributed by atoms with Gasteiger partial charge in [0, 0.05) is 17.9 Å². The molecule has 18 heavy (non-hydrogen) atoms. The van der Waals surface area contributed by atoms with Crippen LogP contribution in [-0.4, -0.2) is 21.5 Å². The zero-order valence-electron chi connectivity index (χ0n) is 11.5. The highest BCUT2D eigenvalue weighted by atomic mass is 16.5. The number of nitrogens with two attached hydrogens (primary N) is 1. The Balaban J connectivity index is 2.33. The van der Waals surface area contributed by atoms with Gasteiger partial charge in [-0.3, -0.25) is 0 Å². The molecule has 0 spiro atoms. The van der Waals surface area contributed by atoms with Crippen LogP contribution in [0.3, 0.4) is 0 Å². The van der Waals surface area contributed by atoms with Gasteiger partial charge in [-0.05, 0) is 31.9 Å². The summed E-state index contributed by atoms with van der Waals surface area (Å²) in [6.07, 6.45) is 4.02. The number of pyridine rings is 1. The highest BCUT2D eigenvalue weighted by molar-refractivity contribution is 5.54. The van der Waals surface area contributed by atoms with Crippen molar-refractivity contribution in [3.8, 4) is 5.75 Å².